The number of benzene rings is 1. The van der Waals surface area contributed by atoms with Gasteiger partial charge in [-0.1, -0.05) is 23.4 Å². The summed E-state index contributed by atoms with van der Waals surface area (Å²) in [6, 6.07) is 10.5. The van der Waals surface area contributed by atoms with Gasteiger partial charge in [-0.05, 0) is 54.6 Å². The van der Waals surface area contributed by atoms with Crippen molar-refractivity contribution in [3.63, 3.8) is 0 Å². The predicted molar refractivity (Wildman–Crippen MR) is 88.7 cm³/mol. The molecule has 1 unspecified atom stereocenters. The molecule has 2 aromatic rings. The molecule has 1 aliphatic rings. The van der Waals surface area contributed by atoms with E-state index in [1.165, 1.54) is 18.4 Å². The third-order valence-electron chi connectivity index (χ3n) is 3.51. The molecule has 1 aromatic carbocycles. The number of rotatable bonds is 2. The molecule has 0 aliphatic heterocycles. The summed E-state index contributed by atoms with van der Waals surface area (Å²) < 4.78 is 5.21. The largest absolute Gasteiger partial charge is 0.465 e. The molecule has 3 nitrogen and oxygen atoms in total. The monoisotopic (exact) mass is 324 g/mol. The number of aliphatic hydroxyl groups is 1. The van der Waals surface area contributed by atoms with Gasteiger partial charge in [-0.3, -0.25) is 4.79 Å². The number of hydrogen-bond acceptors (Lipinski definition) is 3. The zero-order chi connectivity index (χ0) is 16.3. The summed E-state index contributed by atoms with van der Waals surface area (Å²) in [6.45, 7) is 0. The van der Waals surface area contributed by atoms with Crippen LogP contribution in [0, 0.1) is 11.8 Å². The van der Waals surface area contributed by atoms with Gasteiger partial charge in [-0.15, -0.1) is 0 Å². The van der Waals surface area contributed by atoms with Crippen LogP contribution in [0.5, 0.6) is 0 Å². The highest BCUT2D eigenvalue weighted by Crippen LogP contribution is 2.31. The van der Waals surface area contributed by atoms with Crippen LogP contribution < -0.4 is 0 Å². The van der Waals surface area contributed by atoms with Crippen molar-refractivity contribution < 1.29 is 14.3 Å². The number of ketones is 1. The molecule has 23 heavy (non-hydrogen) atoms. The van der Waals surface area contributed by atoms with E-state index < -0.39 is 5.60 Å². The lowest BCUT2D eigenvalue weighted by Gasteiger charge is -2.19. The number of furan rings is 1. The van der Waals surface area contributed by atoms with E-state index in [2.05, 4.69) is 11.8 Å². The van der Waals surface area contributed by atoms with Crippen LogP contribution in [0.25, 0.3) is 6.08 Å². The average Bonchev–Trinajstić information content (AvgIpc) is 3.14. The fourth-order valence-corrected chi connectivity index (χ4v) is 2.41. The molecule has 4 heteroatoms. The molecule has 0 saturated carbocycles. The highest BCUT2D eigenvalue weighted by Gasteiger charge is 2.36. The molecule has 0 fully saturated rings. The Balaban J connectivity index is 1.82. The topological polar surface area (TPSA) is 50.4 Å². The molecule has 0 amide bonds. The van der Waals surface area contributed by atoms with E-state index in [9.17, 15) is 9.90 Å². The Morgan fingerprint density at radius 3 is 2.74 bits per heavy atom. The lowest BCUT2D eigenvalue weighted by molar-refractivity contribution is -0.111. The van der Waals surface area contributed by atoms with E-state index in [0.29, 0.717) is 10.8 Å². The smallest absolute Gasteiger partial charge is 0.185 e. The minimum atomic E-state index is -1.40. The number of carbonyl (C=O) groups is 1. The van der Waals surface area contributed by atoms with Crippen molar-refractivity contribution in [3.8, 4) is 11.8 Å². The van der Waals surface area contributed by atoms with Crippen molar-refractivity contribution >= 4 is 23.5 Å². The normalized spacial score (nSPS) is 21.5. The minimum absolute atomic E-state index is 0.115. The highest BCUT2D eigenvalue weighted by atomic mass is 35.5. The summed E-state index contributed by atoms with van der Waals surface area (Å²) in [5, 5.41) is 11.3. The second kappa shape index (κ2) is 6.29. The second-order valence-electron chi connectivity index (χ2n) is 5.18. The Hall–Kier alpha value is -2.54. The summed E-state index contributed by atoms with van der Waals surface area (Å²) in [5.41, 5.74) is -0.343. The van der Waals surface area contributed by atoms with E-state index in [1.54, 1.807) is 42.5 Å². The van der Waals surface area contributed by atoms with Crippen LogP contribution in [0.4, 0.5) is 0 Å². The lowest BCUT2D eigenvalue weighted by atomic mass is 9.92. The van der Waals surface area contributed by atoms with Crippen LogP contribution in [0.2, 0.25) is 5.02 Å². The maximum Gasteiger partial charge on any atom is 0.185 e. The van der Waals surface area contributed by atoms with Crippen LogP contribution >= 0.6 is 11.6 Å². The van der Waals surface area contributed by atoms with Crippen LogP contribution in [0.1, 0.15) is 17.7 Å². The van der Waals surface area contributed by atoms with Crippen molar-refractivity contribution in [2.75, 3.05) is 0 Å². The fourth-order valence-electron chi connectivity index (χ4n) is 2.29. The van der Waals surface area contributed by atoms with Gasteiger partial charge in [0.15, 0.2) is 5.78 Å². The van der Waals surface area contributed by atoms with Gasteiger partial charge in [0.05, 0.1) is 6.26 Å². The van der Waals surface area contributed by atoms with Gasteiger partial charge in [0, 0.05) is 22.6 Å². The van der Waals surface area contributed by atoms with E-state index >= 15 is 0 Å². The van der Waals surface area contributed by atoms with E-state index in [1.807, 2.05) is 0 Å². The summed E-state index contributed by atoms with van der Waals surface area (Å²) in [7, 11) is 0. The first-order valence-electron chi connectivity index (χ1n) is 7.03. The van der Waals surface area contributed by atoms with Gasteiger partial charge in [0.1, 0.15) is 11.4 Å². The Bertz CT molecular complexity index is 833. The highest BCUT2D eigenvalue weighted by molar-refractivity contribution is 6.30. The molecule has 1 N–H and O–H groups in total. The molecule has 1 atom stereocenters. The van der Waals surface area contributed by atoms with Gasteiger partial charge in [0.25, 0.3) is 0 Å². The Morgan fingerprint density at radius 1 is 1.26 bits per heavy atom. The summed E-state index contributed by atoms with van der Waals surface area (Å²) in [6.07, 6.45) is 6.01. The minimum Gasteiger partial charge on any atom is -0.465 e. The Kier molecular flexibility index (Phi) is 4.20. The molecular weight excluding hydrogens is 312 g/mol. The van der Waals surface area contributed by atoms with E-state index in [0.717, 1.165) is 5.56 Å². The third kappa shape index (κ3) is 3.45. The zero-order valence-electron chi connectivity index (χ0n) is 12.1. The molecule has 1 aliphatic carbocycles. The van der Waals surface area contributed by atoms with Crippen molar-refractivity contribution in [3.05, 3.63) is 76.7 Å². The number of allylic oxidation sites excluding steroid dienone is 1. The first-order chi connectivity index (χ1) is 11.1. The van der Waals surface area contributed by atoms with Gasteiger partial charge in [-0.25, -0.2) is 0 Å². The first kappa shape index (κ1) is 15.4. The molecule has 0 spiro atoms. The zero-order valence-corrected chi connectivity index (χ0v) is 12.9. The SMILES string of the molecule is O=C1C=CC(O)(CC#Cc2ccc(Cl)cc2)/C1=C\c1ccco1. The van der Waals surface area contributed by atoms with E-state index in [4.69, 9.17) is 16.0 Å². The molecule has 0 radical (unpaired) electrons. The summed E-state index contributed by atoms with van der Waals surface area (Å²) >= 11 is 5.82. The number of carbonyl (C=O) groups excluding carboxylic acids is 1. The third-order valence-corrected chi connectivity index (χ3v) is 3.76. The lowest BCUT2D eigenvalue weighted by Crippen LogP contribution is -2.27. The maximum absolute atomic E-state index is 12.0. The molecule has 114 valence electrons. The van der Waals surface area contributed by atoms with Gasteiger partial charge in [0.2, 0.25) is 0 Å². The summed E-state index contributed by atoms with van der Waals surface area (Å²) in [5.74, 6) is 6.15. The van der Waals surface area contributed by atoms with Crippen molar-refractivity contribution in [2.24, 2.45) is 0 Å². The van der Waals surface area contributed by atoms with Gasteiger partial charge < -0.3 is 9.52 Å². The predicted octanol–water partition coefficient (Wildman–Crippen LogP) is 3.63. The number of halogens is 1. The average molecular weight is 325 g/mol. The second-order valence-corrected chi connectivity index (χ2v) is 5.62. The van der Waals surface area contributed by atoms with Gasteiger partial charge in [-0.2, -0.15) is 0 Å². The van der Waals surface area contributed by atoms with Crippen LogP contribution in [0.15, 0.2) is 64.8 Å². The molecule has 1 aromatic heterocycles. The molecule has 0 saturated heterocycles. The summed E-state index contributed by atoms with van der Waals surface area (Å²) in [4.78, 5) is 12.0. The Morgan fingerprint density at radius 2 is 2.04 bits per heavy atom. The van der Waals surface area contributed by atoms with Crippen LogP contribution in [0.3, 0.4) is 0 Å². The molecule has 3 rings (SSSR count). The van der Waals surface area contributed by atoms with E-state index in [-0.39, 0.29) is 17.8 Å². The maximum atomic E-state index is 12.0. The van der Waals surface area contributed by atoms with Crippen molar-refractivity contribution in [1.82, 2.24) is 0 Å². The molecule has 1 heterocycles. The number of hydrogen-bond donors (Lipinski definition) is 1. The quantitative estimate of drug-likeness (QED) is 0.678. The Labute approximate surface area is 138 Å². The molecular formula is C19H13ClO3. The standard InChI is InChI=1S/C19H13ClO3/c20-15-7-5-14(6-8-15)3-1-10-19(22)11-9-18(21)17(19)13-16-4-2-12-23-16/h2,4-9,11-13,22H,10H2/b17-13-. The van der Waals surface area contributed by atoms with Crippen LogP contribution in [-0.4, -0.2) is 16.5 Å². The van der Waals surface area contributed by atoms with Crippen LogP contribution in [-0.2, 0) is 4.79 Å². The molecule has 0 bridgehead atoms. The van der Waals surface area contributed by atoms with Crippen molar-refractivity contribution in [2.45, 2.75) is 12.0 Å². The fraction of sp³-hybridized carbons (Fsp3) is 0.105. The van der Waals surface area contributed by atoms with Crippen molar-refractivity contribution in [1.29, 1.82) is 0 Å². The van der Waals surface area contributed by atoms with Gasteiger partial charge >= 0.3 is 0 Å². The first-order valence-corrected chi connectivity index (χ1v) is 7.41.